The molecule has 1 aliphatic rings. The first kappa shape index (κ1) is 16.6. The Bertz CT molecular complexity index is 744. The molecular formula is C11H13ClFNO5S2. The molecule has 0 saturated carbocycles. The molecule has 0 bridgehead atoms. The van der Waals surface area contributed by atoms with Crippen LogP contribution in [0.2, 0.25) is 0 Å². The van der Waals surface area contributed by atoms with Gasteiger partial charge in [-0.2, -0.15) is 4.31 Å². The van der Waals surface area contributed by atoms with E-state index in [1.807, 2.05) is 0 Å². The van der Waals surface area contributed by atoms with E-state index in [0.717, 1.165) is 16.4 Å². The second kappa shape index (κ2) is 5.81. The molecule has 1 aromatic carbocycles. The average molecular weight is 358 g/mol. The van der Waals surface area contributed by atoms with E-state index >= 15 is 0 Å². The number of halogens is 2. The van der Waals surface area contributed by atoms with Crippen LogP contribution in [-0.2, 0) is 23.8 Å². The van der Waals surface area contributed by atoms with Crippen LogP contribution in [0.25, 0.3) is 0 Å². The minimum absolute atomic E-state index is 0.242. The highest BCUT2D eigenvalue weighted by atomic mass is 35.7. The second-order valence-electron chi connectivity index (χ2n) is 4.57. The van der Waals surface area contributed by atoms with E-state index in [-0.39, 0.29) is 12.6 Å². The molecule has 0 amide bonds. The molecule has 1 heterocycles. The van der Waals surface area contributed by atoms with Crippen LogP contribution in [0.5, 0.6) is 0 Å². The first-order valence-corrected chi connectivity index (χ1v) is 9.69. The van der Waals surface area contributed by atoms with E-state index in [1.165, 1.54) is 7.05 Å². The Morgan fingerprint density at radius 3 is 2.48 bits per heavy atom. The van der Waals surface area contributed by atoms with E-state index in [2.05, 4.69) is 0 Å². The molecular weight excluding hydrogens is 345 g/mol. The molecule has 10 heteroatoms. The van der Waals surface area contributed by atoms with Crippen molar-refractivity contribution in [2.75, 3.05) is 20.3 Å². The van der Waals surface area contributed by atoms with Crippen LogP contribution < -0.4 is 0 Å². The fraction of sp³-hybridized carbons (Fsp3) is 0.455. The van der Waals surface area contributed by atoms with Gasteiger partial charge in [-0.1, -0.05) is 0 Å². The summed E-state index contributed by atoms with van der Waals surface area (Å²) < 4.78 is 67.0. The van der Waals surface area contributed by atoms with E-state index in [1.54, 1.807) is 0 Å². The van der Waals surface area contributed by atoms with Gasteiger partial charge in [-0.3, -0.25) is 0 Å². The summed E-state index contributed by atoms with van der Waals surface area (Å²) in [5.41, 5.74) is 0. The molecule has 118 valence electrons. The monoisotopic (exact) mass is 357 g/mol. The highest BCUT2D eigenvalue weighted by molar-refractivity contribution is 8.13. The lowest BCUT2D eigenvalue weighted by atomic mass is 10.3. The zero-order valence-corrected chi connectivity index (χ0v) is 13.4. The maximum absolute atomic E-state index is 14.0. The topological polar surface area (TPSA) is 80.8 Å². The van der Waals surface area contributed by atoms with Crippen LogP contribution >= 0.6 is 10.7 Å². The number of hydrogen-bond acceptors (Lipinski definition) is 5. The first-order chi connectivity index (χ1) is 9.64. The van der Waals surface area contributed by atoms with Crippen molar-refractivity contribution < 1.29 is 26.0 Å². The fourth-order valence-electron chi connectivity index (χ4n) is 2.00. The summed E-state index contributed by atoms with van der Waals surface area (Å²) in [5.74, 6) is -1.16. The molecule has 2 rings (SSSR count). The molecule has 0 aliphatic carbocycles. The van der Waals surface area contributed by atoms with Crippen molar-refractivity contribution in [3.8, 4) is 0 Å². The minimum Gasteiger partial charge on any atom is -0.380 e. The van der Waals surface area contributed by atoms with Gasteiger partial charge < -0.3 is 4.74 Å². The van der Waals surface area contributed by atoms with Crippen molar-refractivity contribution in [1.82, 2.24) is 4.31 Å². The molecule has 1 unspecified atom stereocenters. The van der Waals surface area contributed by atoms with Crippen molar-refractivity contribution in [1.29, 1.82) is 0 Å². The second-order valence-corrected chi connectivity index (χ2v) is 9.10. The summed E-state index contributed by atoms with van der Waals surface area (Å²) in [7, 11) is -1.77. The average Bonchev–Trinajstić information content (AvgIpc) is 2.89. The quantitative estimate of drug-likeness (QED) is 0.755. The molecule has 1 fully saturated rings. The van der Waals surface area contributed by atoms with Gasteiger partial charge in [0.1, 0.15) is 10.7 Å². The first-order valence-electron chi connectivity index (χ1n) is 5.94. The smallest absolute Gasteiger partial charge is 0.261 e. The van der Waals surface area contributed by atoms with Gasteiger partial charge in [-0.15, -0.1) is 0 Å². The van der Waals surface area contributed by atoms with Crippen LogP contribution in [0.1, 0.15) is 6.42 Å². The summed E-state index contributed by atoms with van der Waals surface area (Å²) in [5, 5.41) is 0. The fourth-order valence-corrected chi connectivity index (χ4v) is 4.18. The Labute approximate surface area is 126 Å². The van der Waals surface area contributed by atoms with Crippen molar-refractivity contribution in [2.45, 2.75) is 22.3 Å². The van der Waals surface area contributed by atoms with Gasteiger partial charge in [0.2, 0.25) is 10.0 Å². The SMILES string of the molecule is CN(C1CCOC1)S(=O)(=O)c1ccc(S(=O)(=O)Cl)cc1F. The maximum Gasteiger partial charge on any atom is 0.261 e. The summed E-state index contributed by atoms with van der Waals surface area (Å²) in [6.45, 7) is 0.682. The van der Waals surface area contributed by atoms with Crippen molar-refractivity contribution in [2.24, 2.45) is 0 Å². The summed E-state index contributed by atoms with van der Waals surface area (Å²) in [4.78, 5) is -1.09. The molecule has 1 aromatic rings. The van der Waals surface area contributed by atoms with Crippen molar-refractivity contribution in [3.63, 3.8) is 0 Å². The van der Waals surface area contributed by atoms with Crippen LogP contribution in [-0.4, -0.2) is 47.4 Å². The van der Waals surface area contributed by atoms with Gasteiger partial charge in [0.25, 0.3) is 9.05 Å². The highest BCUT2D eigenvalue weighted by Gasteiger charge is 2.32. The molecule has 0 N–H and O–H groups in total. The Morgan fingerprint density at radius 1 is 1.33 bits per heavy atom. The molecule has 6 nitrogen and oxygen atoms in total. The number of nitrogens with zero attached hydrogens (tertiary/aromatic N) is 1. The number of benzene rings is 1. The van der Waals surface area contributed by atoms with E-state index in [9.17, 15) is 21.2 Å². The molecule has 1 aliphatic heterocycles. The van der Waals surface area contributed by atoms with Crippen molar-refractivity contribution in [3.05, 3.63) is 24.0 Å². The Kier molecular flexibility index (Phi) is 4.60. The highest BCUT2D eigenvalue weighted by Crippen LogP contribution is 2.26. The predicted molar refractivity (Wildman–Crippen MR) is 73.6 cm³/mol. The molecule has 0 aromatic heterocycles. The number of hydrogen-bond donors (Lipinski definition) is 0. The van der Waals surface area contributed by atoms with Crippen LogP contribution in [0.4, 0.5) is 4.39 Å². The van der Waals surface area contributed by atoms with Gasteiger partial charge in [0.05, 0.1) is 17.5 Å². The third-order valence-corrected chi connectivity index (χ3v) is 6.56. The van der Waals surface area contributed by atoms with E-state index < -0.39 is 34.7 Å². The zero-order valence-electron chi connectivity index (χ0n) is 11.0. The van der Waals surface area contributed by atoms with Crippen LogP contribution in [0.3, 0.4) is 0 Å². The molecule has 1 atom stereocenters. The lowest BCUT2D eigenvalue weighted by Crippen LogP contribution is -2.37. The Balaban J connectivity index is 2.41. The standard InChI is InChI=1S/C11H13ClFNO5S2/c1-14(8-4-5-19-7-8)21(17,18)11-3-2-9(6-10(11)13)20(12,15)16/h2-3,6,8H,4-5,7H2,1H3. The molecule has 0 spiro atoms. The van der Waals surface area contributed by atoms with Crippen molar-refractivity contribution >= 4 is 29.8 Å². The third kappa shape index (κ3) is 3.37. The summed E-state index contributed by atoms with van der Waals surface area (Å²) in [6.07, 6.45) is 0.519. The number of sulfonamides is 1. The van der Waals surface area contributed by atoms with Gasteiger partial charge in [0, 0.05) is 24.3 Å². The normalized spacial score (nSPS) is 20.1. The van der Waals surface area contributed by atoms with Gasteiger partial charge in [-0.05, 0) is 24.6 Å². The lowest BCUT2D eigenvalue weighted by Gasteiger charge is -2.22. The van der Waals surface area contributed by atoms with Gasteiger partial charge in [-0.25, -0.2) is 21.2 Å². The summed E-state index contributed by atoms with van der Waals surface area (Å²) in [6, 6.07) is 2.07. The van der Waals surface area contributed by atoms with E-state index in [0.29, 0.717) is 19.1 Å². The number of rotatable bonds is 4. The molecule has 0 radical (unpaired) electrons. The van der Waals surface area contributed by atoms with Crippen LogP contribution in [0, 0.1) is 5.82 Å². The van der Waals surface area contributed by atoms with E-state index in [4.69, 9.17) is 15.4 Å². The Hall–Kier alpha value is -0.740. The predicted octanol–water partition coefficient (Wildman–Crippen LogP) is 1.16. The molecule has 1 saturated heterocycles. The van der Waals surface area contributed by atoms with Gasteiger partial charge >= 0.3 is 0 Å². The van der Waals surface area contributed by atoms with Gasteiger partial charge in [0.15, 0.2) is 0 Å². The third-order valence-electron chi connectivity index (χ3n) is 3.26. The largest absolute Gasteiger partial charge is 0.380 e. The number of likely N-dealkylation sites (N-methyl/N-ethyl adjacent to an activating group) is 1. The summed E-state index contributed by atoms with van der Waals surface area (Å²) >= 11 is 0. The minimum atomic E-state index is -4.12. The van der Waals surface area contributed by atoms with Crippen LogP contribution in [0.15, 0.2) is 28.0 Å². The molecule has 21 heavy (non-hydrogen) atoms. The number of ether oxygens (including phenoxy) is 1. The Morgan fingerprint density at radius 2 is 2.00 bits per heavy atom. The maximum atomic E-state index is 14.0. The zero-order chi connectivity index (χ0) is 15.8. The lowest BCUT2D eigenvalue weighted by molar-refractivity contribution is 0.180.